The van der Waals surface area contributed by atoms with E-state index in [0.717, 1.165) is 11.1 Å². The van der Waals surface area contributed by atoms with Crippen LogP contribution in [0.5, 0.6) is 5.75 Å². The molecule has 104 valence electrons. The summed E-state index contributed by atoms with van der Waals surface area (Å²) >= 11 is 3.08. The number of halogens is 2. The molecule has 0 saturated carbocycles. The minimum absolute atomic E-state index is 0.0671. The van der Waals surface area contributed by atoms with Gasteiger partial charge < -0.3 is 4.74 Å². The average Bonchev–Trinajstić information content (AvgIpc) is 2.42. The lowest BCUT2D eigenvalue weighted by Gasteiger charge is -2.09. The van der Waals surface area contributed by atoms with Gasteiger partial charge in [0.05, 0.1) is 4.47 Å². The van der Waals surface area contributed by atoms with Crippen molar-refractivity contribution in [2.75, 3.05) is 6.61 Å². The fraction of sp³-hybridized carbons (Fsp3) is 0.188. The second-order valence-electron chi connectivity index (χ2n) is 4.61. The first-order valence-corrected chi connectivity index (χ1v) is 6.95. The minimum Gasteiger partial charge on any atom is -0.485 e. The van der Waals surface area contributed by atoms with E-state index in [0.29, 0.717) is 15.8 Å². The molecule has 0 radical (unpaired) electrons. The van der Waals surface area contributed by atoms with E-state index < -0.39 is 0 Å². The molecule has 0 aliphatic carbocycles. The molecular weight excluding hydrogens is 323 g/mol. The highest BCUT2D eigenvalue weighted by atomic mass is 79.9. The summed E-state index contributed by atoms with van der Waals surface area (Å²) in [6.07, 6.45) is 0. The molecule has 0 fully saturated rings. The van der Waals surface area contributed by atoms with Crippen LogP contribution >= 0.6 is 15.9 Å². The van der Waals surface area contributed by atoms with Crippen LogP contribution in [0.2, 0.25) is 0 Å². The number of ketones is 1. The van der Waals surface area contributed by atoms with Crippen LogP contribution in [0.25, 0.3) is 0 Å². The van der Waals surface area contributed by atoms with E-state index in [1.807, 2.05) is 32.0 Å². The van der Waals surface area contributed by atoms with Crippen molar-refractivity contribution in [1.29, 1.82) is 0 Å². The molecule has 0 amide bonds. The molecule has 2 aromatic rings. The molecule has 0 N–H and O–H groups in total. The Bertz CT molecular complexity index is 653. The van der Waals surface area contributed by atoms with Gasteiger partial charge in [-0.25, -0.2) is 4.39 Å². The van der Waals surface area contributed by atoms with Crippen LogP contribution in [0, 0.1) is 19.7 Å². The first-order valence-electron chi connectivity index (χ1n) is 6.15. The lowest BCUT2D eigenvalue weighted by Crippen LogP contribution is -2.13. The van der Waals surface area contributed by atoms with Gasteiger partial charge in [-0.1, -0.05) is 17.7 Å². The number of carbonyl (C=O) groups is 1. The summed E-state index contributed by atoms with van der Waals surface area (Å²) in [5.41, 5.74) is 2.61. The first-order chi connectivity index (χ1) is 9.47. The van der Waals surface area contributed by atoms with Crippen LogP contribution in [0.15, 0.2) is 40.9 Å². The van der Waals surface area contributed by atoms with Crippen molar-refractivity contribution in [1.82, 2.24) is 0 Å². The fourth-order valence-electron chi connectivity index (χ4n) is 1.83. The van der Waals surface area contributed by atoms with E-state index in [2.05, 4.69) is 15.9 Å². The summed E-state index contributed by atoms with van der Waals surface area (Å²) in [4.78, 5) is 12.1. The molecule has 2 nitrogen and oxygen atoms in total. The fourth-order valence-corrected chi connectivity index (χ4v) is 2.19. The average molecular weight is 337 g/mol. The summed E-state index contributed by atoms with van der Waals surface area (Å²) in [5, 5.41) is 0. The summed E-state index contributed by atoms with van der Waals surface area (Å²) < 4.78 is 18.8. The van der Waals surface area contributed by atoms with Gasteiger partial charge in [-0.05, 0) is 59.6 Å². The summed E-state index contributed by atoms with van der Waals surface area (Å²) in [7, 11) is 0. The molecule has 2 aromatic carbocycles. The second-order valence-corrected chi connectivity index (χ2v) is 5.46. The van der Waals surface area contributed by atoms with Crippen molar-refractivity contribution in [2.24, 2.45) is 0 Å². The Balaban J connectivity index is 2.08. The molecule has 0 saturated heterocycles. The van der Waals surface area contributed by atoms with Crippen molar-refractivity contribution < 1.29 is 13.9 Å². The number of hydrogen-bond donors (Lipinski definition) is 0. The van der Waals surface area contributed by atoms with Crippen molar-refractivity contribution in [2.45, 2.75) is 13.8 Å². The van der Waals surface area contributed by atoms with Gasteiger partial charge in [0.1, 0.15) is 11.6 Å². The first kappa shape index (κ1) is 14.7. The predicted octanol–water partition coefficient (Wildman–Crippen LogP) is 4.47. The van der Waals surface area contributed by atoms with Crippen molar-refractivity contribution in [3.63, 3.8) is 0 Å². The number of Topliss-reactive ketones (excluding diaryl/α,β-unsaturated/α-hetero) is 1. The van der Waals surface area contributed by atoms with Crippen molar-refractivity contribution >= 4 is 21.7 Å². The monoisotopic (exact) mass is 336 g/mol. The number of rotatable bonds is 4. The topological polar surface area (TPSA) is 26.3 Å². The van der Waals surface area contributed by atoms with E-state index in [-0.39, 0.29) is 18.2 Å². The van der Waals surface area contributed by atoms with Crippen molar-refractivity contribution in [3.05, 3.63) is 63.4 Å². The number of aryl methyl sites for hydroxylation is 2. The maximum absolute atomic E-state index is 13.1. The van der Waals surface area contributed by atoms with Gasteiger partial charge in [0.15, 0.2) is 12.4 Å². The van der Waals surface area contributed by atoms with Gasteiger partial charge in [0.25, 0.3) is 0 Å². The molecule has 20 heavy (non-hydrogen) atoms. The van der Waals surface area contributed by atoms with E-state index in [1.54, 1.807) is 0 Å². The zero-order valence-corrected chi connectivity index (χ0v) is 12.8. The van der Waals surface area contributed by atoms with Gasteiger partial charge in [-0.2, -0.15) is 0 Å². The molecule has 0 atom stereocenters. The molecule has 0 aromatic heterocycles. The van der Waals surface area contributed by atoms with Crippen LogP contribution in [0.1, 0.15) is 21.5 Å². The van der Waals surface area contributed by atoms with Crippen LogP contribution in [-0.4, -0.2) is 12.4 Å². The third-order valence-corrected chi connectivity index (χ3v) is 3.56. The maximum Gasteiger partial charge on any atom is 0.200 e. The van der Waals surface area contributed by atoms with Crippen molar-refractivity contribution in [3.8, 4) is 5.75 Å². The van der Waals surface area contributed by atoms with Crippen LogP contribution < -0.4 is 4.74 Å². The number of ether oxygens (including phenoxy) is 1. The van der Waals surface area contributed by atoms with E-state index in [4.69, 9.17) is 4.74 Å². The second kappa shape index (κ2) is 6.18. The normalized spacial score (nSPS) is 10.4. The Morgan fingerprint density at radius 3 is 2.65 bits per heavy atom. The quantitative estimate of drug-likeness (QED) is 0.770. The highest BCUT2D eigenvalue weighted by Crippen LogP contribution is 2.22. The molecular formula is C16H14BrFO2. The molecule has 0 spiro atoms. The number of benzene rings is 2. The molecule has 0 aliphatic rings. The van der Waals surface area contributed by atoms with Gasteiger partial charge in [-0.3, -0.25) is 4.79 Å². The SMILES string of the molecule is Cc1ccc(C)c(C(=O)COc2ccc(F)c(Br)c2)c1. The largest absolute Gasteiger partial charge is 0.485 e. The number of carbonyl (C=O) groups excluding carboxylic acids is 1. The molecule has 2 rings (SSSR count). The van der Waals surface area contributed by atoms with E-state index in [1.165, 1.54) is 18.2 Å². The Labute approximate surface area is 125 Å². The third kappa shape index (κ3) is 3.45. The van der Waals surface area contributed by atoms with Crippen LogP contribution in [-0.2, 0) is 0 Å². The molecule has 0 unspecified atom stereocenters. The Morgan fingerprint density at radius 2 is 1.95 bits per heavy atom. The van der Waals surface area contributed by atoms with Gasteiger partial charge in [0, 0.05) is 5.56 Å². The zero-order chi connectivity index (χ0) is 14.7. The lowest BCUT2D eigenvalue weighted by atomic mass is 10.0. The smallest absolute Gasteiger partial charge is 0.200 e. The van der Waals surface area contributed by atoms with Crippen LogP contribution in [0.4, 0.5) is 4.39 Å². The predicted molar refractivity (Wildman–Crippen MR) is 79.8 cm³/mol. The summed E-state index contributed by atoms with van der Waals surface area (Å²) in [5.74, 6) is 0.00165. The van der Waals surface area contributed by atoms with E-state index in [9.17, 15) is 9.18 Å². The lowest BCUT2D eigenvalue weighted by molar-refractivity contribution is 0.0920. The summed E-state index contributed by atoms with van der Waals surface area (Å²) in [6.45, 7) is 3.76. The standard InChI is InChI=1S/C16H14BrFO2/c1-10-3-4-11(2)13(7-10)16(19)9-20-12-5-6-15(18)14(17)8-12/h3-8H,9H2,1-2H3. The molecule has 0 bridgehead atoms. The van der Waals surface area contributed by atoms with Gasteiger partial charge in [0.2, 0.25) is 0 Å². The minimum atomic E-state index is -0.363. The van der Waals surface area contributed by atoms with Gasteiger partial charge in [-0.15, -0.1) is 0 Å². The zero-order valence-electron chi connectivity index (χ0n) is 11.2. The number of hydrogen-bond acceptors (Lipinski definition) is 2. The van der Waals surface area contributed by atoms with E-state index >= 15 is 0 Å². The molecule has 0 heterocycles. The van der Waals surface area contributed by atoms with Crippen LogP contribution in [0.3, 0.4) is 0 Å². The Kier molecular flexibility index (Phi) is 4.55. The highest BCUT2D eigenvalue weighted by Gasteiger charge is 2.11. The Hall–Kier alpha value is -1.68. The highest BCUT2D eigenvalue weighted by molar-refractivity contribution is 9.10. The molecule has 4 heteroatoms. The van der Waals surface area contributed by atoms with Gasteiger partial charge >= 0.3 is 0 Å². The summed E-state index contributed by atoms with van der Waals surface area (Å²) in [6, 6.07) is 10.0. The molecule has 0 aliphatic heterocycles. The third-order valence-electron chi connectivity index (χ3n) is 2.95. The maximum atomic E-state index is 13.1. The Morgan fingerprint density at radius 1 is 1.20 bits per heavy atom.